The zero-order chi connectivity index (χ0) is 7.35. The van der Waals surface area contributed by atoms with Gasteiger partial charge in [0.15, 0.2) is 0 Å². The summed E-state index contributed by atoms with van der Waals surface area (Å²) in [6.45, 7) is 6.78. The van der Waals surface area contributed by atoms with Gasteiger partial charge in [-0.25, -0.2) is 0 Å². The van der Waals surface area contributed by atoms with Crippen LogP contribution in [0.4, 0.5) is 0 Å². The van der Waals surface area contributed by atoms with Crippen LogP contribution in [0.3, 0.4) is 0 Å². The summed E-state index contributed by atoms with van der Waals surface area (Å²) in [5.41, 5.74) is 4.78. The Bertz CT molecular complexity index is 281. The fourth-order valence-corrected chi connectivity index (χ4v) is 1.41. The van der Waals surface area contributed by atoms with Gasteiger partial charge in [0.25, 0.3) is 0 Å². The van der Waals surface area contributed by atoms with Crippen LogP contribution < -0.4 is 6.15 Å². The van der Waals surface area contributed by atoms with Crippen LogP contribution in [-0.2, 0) is 5.41 Å². The summed E-state index contributed by atoms with van der Waals surface area (Å²) in [7, 11) is 0. The molecular formula is C10H15N. The Kier molecular flexibility index (Phi) is 1.57. The minimum Gasteiger partial charge on any atom is -0.344 e. The molecule has 0 radical (unpaired) electrons. The van der Waals surface area contributed by atoms with E-state index < -0.39 is 0 Å². The first kappa shape index (κ1) is 8.28. The van der Waals surface area contributed by atoms with Crippen LogP contribution in [0, 0.1) is 0 Å². The molecule has 0 aromatic rings. The summed E-state index contributed by atoms with van der Waals surface area (Å²) in [6, 6.07) is 6.70. The lowest BCUT2D eigenvalue weighted by Gasteiger charge is -2.16. The van der Waals surface area contributed by atoms with E-state index in [0.717, 1.165) is 0 Å². The van der Waals surface area contributed by atoms with Gasteiger partial charge in [-0.1, -0.05) is 32.9 Å². The molecule has 0 aromatic carbocycles. The van der Waals surface area contributed by atoms with E-state index in [1.54, 1.807) is 0 Å². The molecule has 1 nitrogen and oxygen atoms in total. The van der Waals surface area contributed by atoms with Crippen molar-refractivity contribution >= 4 is 0 Å². The average Bonchev–Trinajstić information content (AvgIpc) is 2.40. The maximum Gasteiger partial charge on any atom is -0.0126 e. The third-order valence-electron chi connectivity index (χ3n) is 2.06. The van der Waals surface area contributed by atoms with Crippen molar-refractivity contribution < 1.29 is 0 Å². The molecule has 2 rings (SSSR count). The van der Waals surface area contributed by atoms with Gasteiger partial charge in [0.05, 0.1) is 0 Å². The van der Waals surface area contributed by atoms with E-state index in [1.807, 2.05) is 0 Å². The standard InChI is InChI=1S/C10H12.H3N/c1-10(2,3)9-5-4-7-6-8(7)9;/h4-6H,1-3H3;1H3. The predicted molar refractivity (Wildman–Crippen MR) is 49.2 cm³/mol. The Balaban J connectivity index is 0.000000605. The van der Waals surface area contributed by atoms with Gasteiger partial charge in [-0.3, -0.25) is 0 Å². The zero-order valence-electron chi connectivity index (χ0n) is 7.44. The Morgan fingerprint density at radius 1 is 1.09 bits per heavy atom. The number of benzene rings is 1. The number of rotatable bonds is 0. The van der Waals surface area contributed by atoms with Crippen LogP contribution in [0.2, 0.25) is 0 Å². The molecule has 0 spiro atoms. The molecule has 2 aliphatic rings. The summed E-state index contributed by atoms with van der Waals surface area (Å²) < 4.78 is 0. The van der Waals surface area contributed by atoms with Crippen molar-refractivity contribution in [3.8, 4) is 11.1 Å². The van der Waals surface area contributed by atoms with E-state index in [1.165, 1.54) is 16.7 Å². The molecule has 0 heterocycles. The quantitative estimate of drug-likeness (QED) is 0.613. The van der Waals surface area contributed by atoms with Crippen molar-refractivity contribution in [2.24, 2.45) is 0 Å². The second-order valence-electron chi connectivity index (χ2n) is 4.01. The number of fused-ring (bicyclic) bond motifs is 1. The van der Waals surface area contributed by atoms with Crippen LogP contribution in [0.5, 0.6) is 0 Å². The van der Waals surface area contributed by atoms with Gasteiger partial charge in [-0.05, 0) is 28.2 Å². The van der Waals surface area contributed by atoms with Crippen molar-refractivity contribution in [2.45, 2.75) is 26.2 Å². The smallest absolute Gasteiger partial charge is 0.0126 e. The predicted octanol–water partition coefficient (Wildman–Crippen LogP) is 3.13. The molecule has 0 saturated carbocycles. The molecule has 0 bridgehead atoms. The molecule has 0 unspecified atom stereocenters. The SMILES string of the molecule is CC(C)(C)c1ccc2cc1-2.N. The van der Waals surface area contributed by atoms with Crippen molar-refractivity contribution in [3.63, 3.8) is 0 Å². The fraction of sp³-hybridized carbons (Fsp3) is 0.400. The number of hydrogen-bond acceptors (Lipinski definition) is 1. The molecule has 0 aromatic heterocycles. The summed E-state index contributed by atoms with van der Waals surface area (Å²) in [5, 5.41) is 0. The van der Waals surface area contributed by atoms with E-state index in [4.69, 9.17) is 0 Å². The van der Waals surface area contributed by atoms with Crippen molar-refractivity contribution in [1.82, 2.24) is 6.15 Å². The van der Waals surface area contributed by atoms with Gasteiger partial charge in [-0.15, -0.1) is 0 Å². The molecule has 2 aliphatic carbocycles. The normalized spacial score (nSPS) is 12.3. The third-order valence-corrected chi connectivity index (χ3v) is 2.06. The van der Waals surface area contributed by atoms with E-state index in [9.17, 15) is 0 Å². The van der Waals surface area contributed by atoms with Crippen molar-refractivity contribution in [1.29, 1.82) is 0 Å². The highest BCUT2D eigenvalue weighted by Gasteiger charge is 2.25. The first-order chi connectivity index (χ1) is 4.59. The maximum atomic E-state index is 2.26. The fourth-order valence-electron chi connectivity index (χ4n) is 1.41. The zero-order valence-corrected chi connectivity index (χ0v) is 7.44. The molecule has 60 valence electrons. The largest absolute Gasteiger partial charge is 0.344 e. The van der Waals surface area contributed by atoms with Gasteiger partial charge >= 0.3 is 0 Å². The van der Waals surface area contributed by atoms with Gasteiger partial charge in [0, 0.05) is 0 Å². The molecule has 0 saturated heterocycles. The summed E-state index contributed by atoms with van der Waals surface area (Å²) >= 11 is 0. The van der Waals surface area contributed by atoms with E-state index in [2.05, 4.69) is 39.0 Å². The van der Waals surface area contributed by atoms with Crippen molar-refractivity contribution in [3.05, 3.63) is 23.8 Å². The first-order valence-electron chi connectivity index (χ1n) is 3.74. The van der Waals surface area contributed by atoms with Crippen LogP contribution >= 0.6 is 0 Å². The number of hydrogen-bond donors (Lipinski definition) is 1. The Labute approximate surface area is 68.0 Å². The third kappa shape index (κ3) is 1.16. The Hall–Kier alpha value is -0.820. The van der Waals surface area contributed by atoms with Crippen molar-refractivity contribution in [2.75, 3.05) is 0 Å². The van der Waals surface area contributed by atoms with Gasteiger partial charge in [-0.2, -0.15) is 0 Å². The Morgan fingerprint density at radius 2 is 1.73 bits per heavy atom. The van der Waals surface area contributed by atoms with Gasteiger partial charge in [0.2, 0.25) is 0 Å². The molecule has 0 atom stereocenters. The lowest BCUT2D eigenvalue weighted by molar-refractivity contribution is 0.595. The topological polar surface area (TPSA) is 35.0 Å². The highest BCUT2D eigenvalue weighted by molar-refractivity contribution is 5.85. The second-order valence-corrected chi connectivity index (χ2v) is 4.01. The summed E-state index contributed by atoms with van der Waals surface area (Å²) in [6.07, 6.45) is 0. The highest BCUT2D eigenvalue weighted by Crippen LogP contribution is 2.43. The van der Waals surface area contributed by atoms with E-state index >= 15 is 0 Å². The lowest BCUT2D eigenvalue weighted by atomic mass is 9.88. The monoisotopic (exact) mass is 149 g/mol. The maximum absolute atomic E-state index is 2.26. The van der Waals surface area contributed by atoms with Crippen LogP contribution in [-0.4, -0.2) is 0 Å². The minimum absolute atomic E-state index is 0. The average molecular weight is 149 g/mol. The molecule has 0 amide bonds. The van der Waals surface area contributed by atoms with Crippen LogP contribution in [0.15, 0.2) is 18.2 Å². The molecule has 3 N–H and O–H groups in total. The first-order valence-corrected chi connectivity index (χ1v) is 3.74. The molecule has 11 heavy (non-hydrogen) atoms. The highest BCUT2D eigenvalue weighted by atomic mass is 14.3. The van der Waals surface area contributed by atoms with Gasteiger partial charge < -0.3 is 6.15 Å². The molecule has 0 fully saturated rings. The van der Waals surface area contributed by atoms with E-state index in [0.29, 0.717) is 5.41 Å². The summed E-state index contributed by atoms with van der Waals surface area (Å²) in [4.78, 5) is 0. The molecular weight excluding hydrogens is 134 g/mol. The Morgan fingerprint density at radius 3 is 1.91 bits per heavy atom. The molecule has 1 heteroatoms. The van der Waals surface area contributed by atoms with E-state index in [-0.39, 0.29) is 6.15 Å². The lowest BCUT2D eigenvalue weighted by Crippen LogP contribution is -2.09. The van der Waals surface area contributed by atoms with Crippen LogP contribution in [0.1, 0.15) is 26.3 Å². The molecule has 0 aliphatic heterocycles. The minimum atomic E-state index is 0. The van der Waals surface area contributed by atoms with Crippen LogP contribution in [0.25, 0.3) is 11.1 Å². The second kappa shape index (κ2) is 2.08. The van der Waals surface area contributed by atoms with Gasteiger partial charge in [0.1, 0.15) is 0 Å². The summed E-state index contributed by atoms with van der Waals surface area (Å²) in [5.74, 6) is 0.